The molecule has 0 rings (SSSR count). The van der Waals surface area contributed by atoms with E-state index in [9.17, 15) is 18.0 Å². The third-order valence-electron chi connectivity index (χ3n) is 1.91. The third kappa shape index (κ3) is 11.3. The SMILES string of the molecule is CCCNC(=O)CCNCCCC(F)(F)F. The average molecular weight is 240 g/mol. The number of rotatable bonds is 8. The van der Waals surface area contributed by atoms with Crippen LogP contribution in [0.15, 0.2) is 0 Å². The molecule has 0 unspecified atom stereocenters. The summed E-state index contributed by atoms with van der Waals surface area (Å²) < 4.78 is 35.2. The lowest BCUT2D eigenvalue weighted by Crippen LogP contribution is -2.28. The summed E-state index contributed by atoms with van der Waals surface area (Å²) in [4.78, 5) is 11.1. The van der Waals surface area contributed by atoms with Crippen LogP contribution in [-0.4, -0.2) is 31.7 Å². The van der Waals surface area contributed by atoms with E-state index < -0.39 is 12.6 Å². The van der Waals surface area contributed by atoms with Crippen LogP contribution >= 0.6 is 0 Å². The summed E-state index contributed by atoms with van der Waals surface area (Å²) in [7, 11) is 0. The summed E-state index contributed by atoms with van der Waals surface area (Å²) >= 11 is 0. The maximum Gasteiger partial charge on any atom is 0.389 e. The normalized spacial score (nSPS) is 11.5. The fourth-order valence-electron chi connectivity index (χ4n) is 1.09. The summed E-state index contributed by atoms with van der Waals surface area (Å²) in [6, 6.07) is 0. The predicted molar refractivity (Wildman–Crippen MR) is 56.1 cm³/mol. The fraction of sp³-hybridized carbons (Fsp3) is 0.900. The highest BCUT2D eigenvalue weighted by atomic mass is 19.4. The van der Waals surface area contributed by atoms with E-state index >= 15 is 0 Å². The molecule has 0 saturated heterocycles. The van der Waals surface area contributed by atoms with Gasteiger partial charge in [-0.1, -0.05) is 6.92 Å². The van der Waals surface area contributed by atoms with Crippen LogP contribution in [0.5, 0.6) is 0 Å². The van der Waals surface area contributed by atoms with Crippen molar-refractivity contribution >= 4 is 5.91 Å². The molecule has 6 heteroatoms. The van der Waals surface area contributed by atoms with Crippen LogP contribution in [0.3, 0.4) is 0 Å². The first-order valence-corrected chi connectivity index (χ1v) is 5.50. The Balaban J connectivity index is 3.24. The van der Waals surface area contributed by atoms with E-state index in [1.165, 1.54) is 0 Å². The molecule has 2 N–H and O–H groups in total. The largest absolute Gasteiger partial charge is 0.389 e. The van der Waals surface area contributed by atoms with E-state index in [0.717, 1.165) is 6.42 Å². The zero-order valence-electron chi connectivity index (χ0n) is 9.49. The molecule has 0 aromatic rings. The third-order valence-corrected chi connectivity index (χ3v) is 1.91. The second-order valence-electron chi connectivity index (χ2n) is 3.57. The van der Waals surface area contributed by atoms with E-state index in [0.29, 0.717) is 26.1 Å². The number of hydrogen-bond donors (Lipinski definition) is 2. The molecule has 16 heavy (non-hydrogen) atoms. The molecular formula is C10H19F3N2O. The molecule has 0 atom stereocenters. The zero-order valence-corrected chi connectivity index (χ0v) is 9.49. The maximum absolute atomic E-state index is 11.7. The Kier molecular flexibility index (Phi) is 7.97. The van der Waals surface area contributed by atoms with Crippen molar-refractivity contribution < 1.29 is 18.0 Å². The molecule has 0 aliphatic rings. The summed E-state index contributed by atoms with van der Waals surface area (Å²) in [5.41, 5.74) is 0. The van der Waals surface area contributed by atoms with E-state index in [2.05, 4.69) is 10.6 Å². The topological polar surface area (TPSA) is 41.1 Å². The van der Waals surface area contributed by atoms with Gasteiger partial charge < -0.3 is 10.6 Å². The number of nitrogens with one attached hydrogen (secondary N) is 2. The highest BCUT2D eigenvalue weighted by Crippen LogP contribution is 2.20. The van der Waals surface area contributed by atoms with Crippen molar-refractivity contribution in [1.29, 1.82) is 0 Å². The fourth-order valence-corrected chi connectivity index (χ4v) is 1.09. The Labute approximate surface area is 93.8 Å². The molecule has 1 amide bonds. The van der Waals surface area contributed by atoms with Gasteiger partial charge in [0.05, 0.1) is 0 Å². The molecule has 0 aliphatic heterocycles. The number of halogens is 3. The van der Waals surface area contributed by atoms with Crippen molar-refractivity contribution in [2.45, 2.75) is 38.8 Å². The highest BCUT2D eigenvalue weighted by Gasteiger charge is 2.25. The molecule has 0 aromatic heterocycles. The van der Waals surface area contributed by atoms with Crippen LogP contribution in [0.1, 0.15) is 32.6 Å². The molecule has 0 saturated carbocycles. The van der Waals surface area contributed by atoms with Crippen LogP contribution in [0, 0.1) is 0 Å². The van der Waals surface area contributed by atoms with Crippen molar-refractivity contribution in [3.8, 4) is 0 Å². The second-order valence-corrected chi connectivity index (χ2v) is 3.57. The number of alkyl halides is 3. The summed E-state index contributed by atoms with van der Waals surface area (Å²) in [6.45, 7) is 3.32. The summed E-state index contributed by atoms with van der Waals surface area (Å²) in [5.74, 6) is -0.0647. The Morgan fingerprint density at radius 2 is 1.88 bits per heavy atom. The molecule has 0 aromatic carbocycles. The minimum absolute atomic E-state index is 0.0556. The molecule has 3 nitrogen and oxygen atoms in total. The molecule has 96 valence electrons. The summed E-state index contributed by atoms with van der Waals surface area (Å²) in [6.07, 6.45) is -3.61. The lowest BCUT2D eigenvalue weighted by molar-refractivity contribution is -0.135. The Morgan fingerprint density at radius 1 is 1.19 bits per heavy atom. The monoisotopic (exact) mass is 240 g/mol. The first-order chi connectivity index (χ1) is 7.45. The average Bonchev–Trinajstić information content (AvgIpc) is 2.18. The second kappa shape index (κ2) is 8.38. The van der Waals surface area contributed by atoms with Crippen molar-refractivity contribution in [2.24, 2.45) is 0 Å². The van der Waals surface area contributed by atoms with E-state index in [-0.39, 0.29) is 12.3 Å². The predicted octanol–water partition coefficient (Wildman–Crippen LogP) is 1.83. The zero-order chi connectivity index (χ0) is 12.4. The molecule has 0 aliphatic carbocycles. The number of carbonyl (C=O) groups excluding carboxylic acids is 1. The van der Waals surface area contributed by atoms with Gasteiger partial charge in [0.15, 0.2) is 0 Å². The van der Waals surface area contributed by atoms with E-state index in [1.807, 2.05) is 6.92 Å². The van der Waals surface area contributed by atoms with Crippen LogP contribution < -0.4 is 10.6 Å². The van der Waals surface area contributed by atoms with E-state index in [4.69, 9.17) is 0 Å². The van der Waals surface area contributed by atoms with Gasteiger partial charge in [0.25, 0.3) is 0 Å². The smallest absolute Gasteiger partial charge is 0.356 e. The van der Waals surface area contributed by atoms with Gasteiger partial charge in [-0.2, -0.15) is 13.2 Å². The molecular weight excluding hydrogens is 221 g/mol. The van der Waals surface area contributed by atoms with Gasteiger partial charge in [0.1, 0.15) is 0 Å². The maximum atomic E-state index is 11.7. The lowest BCUT2D eigenvalue weighted by atomic mass is 10.3. The Hall–Kier alpha value is -0.780. The lowest BCUT2D eigenvalue weighted by Gasteiger charge is -2.07. The molecule has 0 fully saturated rings. The van der Waals surface area contributed by atoms with Gasteiger partial charge in [-0.25, -0.2) is 0 Å². The van der Waals surface area contributed by atoms with Crippen LogP contribution in [0.2, 0.25) is 0 Å². The summed E-state index contributed by atoms with van der Waals surface area (Å²) in [5, 5.41) is 5.49. The number of amides is 1. The number of hydrogen-bond acceptors (Lipinski definition) is 2. The standard InChI is InChI=1S/C10H19F3N2O/c1-2-6-15-9(16)4-8-14-7-3-5-10(11,12)13/h14H,2-8H2,1H3,(H,15,16). The molecule has 0 radical (unpaired) electrons. The van der Waals surface area contributed by atoms with Crippen molar-refractivity contribution in [3.63, 3.8) is 0 Å². The van der Waals surface area contributed by atoms with Crippen molar-refractivity contribution in [3.05, 3.63) is 0 Å². The van der Waals surface area contributed by atoms with Gasteiger partial charge in [-0.3, -0.25) is 4.79 Å². The Morgan fingerprint density at radius 3 is 2.44 bits per heavy atom. The highest BCUT2D eigenvalue weighted by molar-refractivity contribution is 5.75. The van der Waals surface area contributed by atoms with Crippen molar-refractivity contribution in [2.75, 3.05) is 19.6 Å². The quantitative estimate of drug-likeness (QED) is 0.635. The first kappa shape index (κ1) is 15.2. The van der Waals surface area contributed by atoms with Gasteiger partial charge in [0, 0.05) is 25.9 Å². The van der Waals surface area contributed by atoms with Crippen LogP contribution in [0.25, 0.3) is 0 Å². The Bertz CT molecular complexity index is 195. The van der Waals surface area contributed by atoms with Crippen LogP contribution in [-0.2, 0) is 4.79 Å². The van der Waals surface area contributed by atoms with Crippen molar-refractivity contribution in [1.82, 2.24) is 10.6 Å². The van der Waals surface area contributed by atoms with E-state index in [1.54, 1.807) is 0 Å². The van der Waals surface area contributed by atoms with Gasteiger partial charge in [0.2, 0.25) is 5.91 Å². The first-order valence-electron chi connectivity index (χ1n) is 5.50. The molecule has 0 bridgehead atoms. The minimum atomic E-state index is -4.08. The van der Waals surface area contributed by atoms with Gasteiger partial charge in [-0.15, -0.1) is 0 Å². The van der Waals surface area contributed by atoms with Crippen LogP contribution in [0.4, 0.5) is 13.2 Å². The molecule has 0 heterocycles. The van der Waals surface area contributed by atoms with Gasteiger partial charge >= 0.3 is 6.18 Å². The van der Waals surface area contributed by atoms with Gasteiger partial charge in [-0.05, 0) is 19.4 Å². The number of carbonyl (C=O) groups is 1. The minimum Gasteiger partial charge on any atom is -0.356 e. The molecule has 0 spiro atoms.